The first-order chi connectivity index (χ1) is 9.44. The van der Waals surface area contributed by atoms with Crippen molar-refractivity contribution in [2.24, 2.45) is 0 Å². The molecule has 1 amide bonds. The lowest BCUT2D eigenvalue weighted by molar-refractivity contribution is 0.0917. The van der Waals surface area contributed by atoms with E-state index in [4.69, 9.17) is 5.73 Å². The van der Waals surface area contributed by atoms with Gasteiger partial charge in [0.05, 0.1) is 5.54 Å². The van der Waals surface area contributed by atoms with Gasteiger partial charge in [0.15, 0.2) is 5.13 Å². The Labute approximate surface area is 125 Å². The zero-order chi connectivity index (χ0) is 14.8. The normalized spacial score (nSPS) is 11.3. The number of amides is 1. The molecule has 0 radical (unpaired) electrons. The van der Waals surface area contributed by atoms with Crippen LogP contribution in [-0.4, -0.2) is 22.4 Å². The van der Waals surface area contributed by atoms with Crippen molar-refractivity contribution < 1.29 is 4.79 Å². The predicted octanol–water partition coefficient (Wildman–Crippen LogP) is 2.28. The number of hydrogen-bond acceptors (Lipinski definition) is 7. The second-order valence-corrected chi connectivity index (χ2v) is 6.57. The Morgan fingerprint density at radius 3 is 2.85 bits per heavy atom. The fourth-order valence-electron chi connectivity index (χ4n) is 1.65. The number of thiazole rings is 2. The Morgan fingerprint density at radius 2 is 2.25 bits per heavy atom. The summed E-state index contributed by atoms with van der Waals surface area (Å²) >= 11 is 2.76. The van der Waals surface area contributed by atoms with Crippen LogP contribution in [-0.2, 0) is 5.54 Å². The Hall–Kier alpha value is -1.67. The predicted molar refractivity (Wildman–Crippen MR) is 83.3 cm³/mol. The van der Waals surface area contributed by atoms with Crippen molar-refractivity contribution in [3.63, 3.8) is 0 Å². The molecule has 0 aliphatic heterocycles. The first-order valence-electron chi connectivity index (χ1n) is 6.16. The number of anilines is 2. The Bertz CT molecular complexity index is 591. The van der Waals surface area contributed by atoms with Gasteiger partial charge in [0.2, 0.25) is 0 Å². The molecular formula is C12H17N5OS2. The summed E-state index contributed by atoms with van der Waals surface area (Å²) in [7, 11) is 0. The SMILES string of the molecule is CCNc1nc(N)c(C(=O)NC(C)(C)c2nccs2)s1. The lowest BCUT2D eigenvalue weighted by Gasteiger charge is -2.23. The lowest BCUT2D eigenvalue weighted by Crippen LogP contribution is -2.40. The first-order valence-corrected chi connectivity index (χ1v) is 7.86. The second kappa shape index (κ2) is 5.76. The first kappa shape index (κ1) is 14.7. The Kier molecular flexibility index (Phi) is 4.24. The quantitative estimate of drug-likeness (QED) is 0.787. The number of nitrogens with one attached hydrogen (secondary N) is 2. The highest BCUT2D eigenvalue weighted by Gasteiger charge is 2.28. The molecular weight excluding hydrogens is 294 g/mol. The van der Waals surface area contributed by atoms with Crippen molar-refractivity contribution in [1.82, 2.24) is 15.3 Å². The minimum Gasteiger partial charge on any atom is -0.382 e. The zero-order valence-corrected chi connectivity index (χ0v) is 13.2. The molecule has 0 aliphatic carbocycles. The third-order valence-corrected chi connectivity index (χ3v) is 4.71. The highest BCUT2D eigenvalue weighted by molar-refractivity contribution is 7.18. The van der Waals surface area contributed by atoms with Gasteiger partial charge in [-0.25, -0.2) is 9.97 Å². The third kappa shape index (κ3) is 3.07. The highest BCUT2D eigenvalue weighted by Crippen LogP contribution is 2.27. The third-order valence-electron chi connectivity index (χ3n) is 2.58. The highest BCUT2D eigenvalue weighted by atomic mass is 32.1. The minimum atomic E-state index is -0.542. The summed E-state index contributed by atoms with van der Waals surface area (Å²) < 4.78 is 0. The number of rotatable bonds is 5. The van der Waals surface area contributed by atoms with Gasteiger partial charge in [-0.2, -0.15) is 0 Å². The van der Waals surface area contributed by atoms with Crippen LogP contribution >= 0.6 is 22.7 Å². The summed E-state index contributed by atoms with van der Waals surface area (Å²) in [6.07, 6.45) is 1.72. The molecule has 0 aromatic carbocycles. The minimum absolute atomic E-state index is 0.232. The number of hydrogen-bond donors (Lipinski definition) is 3. The van der Waals surface area contributed by atoms with Gasteiger partial charge in [-0.1, -0.05) is 11.3 Å². The summed E-state index contributed by atoms with van der Waals surface area (Å²) in [5, 5.41) is 9.38. The van der Waals surface area contributed by atoms with E-state index in [2.05, 4.69) is 20.6 Å². The number of nitrogens with two attached hydrogens (primary N) is 1. The van der Waals surface area contributed by atoms with E-state index >= 15 is 0 Å². The van der Waals surface area contributed by atoms with Gasteiger partial charge in [0.25, 0.3) is 5.91 Å². The zero-order valence-electron chi connectivity index (χ0n) is 11.6. The lowest BCUT2D eigenvalue weighted by atomic mass is 10.1. The van der Waals surface area contributed by atoms with Crippen molar-refractivity contribution in [3.05, 3.63) is 21.5 Å². The van der Waals surface area contributed by atoms with Gasteiger partial charge in [-0.3, -0.25) is 4.79 Å². The van der Waals surface area contributed by atoms with Crippen LogP contribution < -0.4 is 16.4 Å². The van der Waals surface area contributed by atoms with Crippen LogP contribution in [0.25, 0.3) is 0 Å². The second-order valence-electron chi connectivity index (χ2n) is 4.68. The summed E-state index contributed by atoms with van der Waals surface area (Å²) in [5.41, 5.74) is 5.25. The van der Waals surface area contributed by atoms with Crippen LogP contribution in [0, 0.1) is 0 Å². The van der Waals surface area contributed by atoms with E-state index in [1.165, 1.54) is 22.7 Å². The number of carbonyl (C=O) groups is 1. The molecule has 0 unspecified atom stereocenters. The van der Waals surface area contributed by atoms with E-state index in [0.717, 1.165) is 11.6 Å². The van der Waals surface area contributed by atoms with Crippen molar-refractivity contribution >= 4 is 39.5 Å². The molecule has 108 valence electrons. The topological polar surface area (TPSA) is 92.9 Å². The van der Waals surface area contributed by atoms with Crippen LogP contribution in [0.3, 0.4) is 0 Å². The molecule has 2 aromatic heterocycles. The standard InChI is InChI=1S/C12H17N5OS2/c1-4-14-11-16-8(13)7(20-11)9(18)17-12(2,3)10-15-5-6-19-10/h5-6H,4,13H2,1-3H3,(H,14,16)(H,17,18). The average Bonchev–Trinajstić information content (AvgIpc) is 2.98. The molecule has 2 heterocycles. The molecule has 2 rings (SSSR count). The number of nitrogen functional groups attached to an aromatic ring is 1. The maximum Gasteiger partial charge on any atom is 0.266 e. The fraction of sp³-hybridized carbons (Fsp3) is 0.417. The van der Waals surface area contributed by atoms with E-state index in [9.17, 15) is 4.79 Å². The van der Waals surface area contributed by atoms with Crippen LogP contribution in [0.1, 0.15) is 35.5 Å². The van der Waals surface area contributed by atoms with Crippen molar-refractivity contribution in [3.8, 4) is 0 Å². The van der Waals surface area contributed by atoms with Gasteiger partial charge in [0, 0.05) is 18.1 Å². The molecule has 6 nitrogen and oxygen atoms in total. The van der Waals surface area contributed by atoms with E-state index in [1.807, 2.05) is 26.2 Å². The molecule has 8 heteroatoms. The molecule has 0 aliphatic rings. The summed E-state index contributed by atoms with van der Waals surface area (Å²) in [5.74, 6) is 0.0164. The smallest absolute Gasteiger partial charge is 0.266 e. The van der Waals surface area contributed by atoms with Gasteiger partial charge in [-0.15, -0.1) is 11.3 Å². The molecule has 0 atom stereocenters. The average molecular weight is 311 g/mol. The summed E-state index contributed by atoms with van der Waals surface area (Å²) in [4.78, 5) is 21.1. The Balaban J connectivity index is 2.16. The largest absolute Gasteiger partial charge is 0.382 e. The van der Waals surface area contributed by atoms with Gasteiger partial charge in [0.1, 0.15) is 15.7 Å². The van der Waals surface area contributed by atoms with E-state index in [0.29, 0.717) is 10.0 Å². The van der Waals surface area contributed by atoms with Crippen molar-refractivity contribution in [2.45, 2.75) is 26.3 Å². The molecule has 0 fully saturated rings. The maximum absolute atomic E-state index is 12.3. The number of aromatic nitrogens is 2. The molecule has 0 spiro atoms. The van der Waals surface area contributed by atoms with Crippen LogP contribution in [0.2, 0.25) is 0 Å². The van der Waals surface area contributed by atoms with Crippen molar-refractivity contribution in [1.29, 1.82) is 0 Å². The molecule has 0 bridgehead atoms. The van der Waals surface area contributed by atoms with Crippen LogP contribution in [0.5, 0.6) is 0 Å². The maximum atomic E-state index is 12.3. The Morgan fingerprint density at radius 1 is 1.50 bits per heavy atom. The van der Waals surface area contributed by atoms with E-state index < -0.39 is 5.54 Å². The van der Waals surface area contributed by atoms with E-state index in [-0.39, 0.29) is 11.7 Å². The number of carbonyl (C=O) groups excluding carboxylic acids is 1. The summed E-state index contributed by atoms with van der Waals surface area (Å²) in [6.45, 7) is 6.51. The van der Waals surface area contributed by atoms with E-state index in [1.54, 1.807) is 6.20 Å². The van der Waals surface area contributed by atoms with Gasteiger partial charge < -0.3 is 16.4 Å². The number of nitrogens with zero attached hydrogens (tertiary/aromatic N) is 2. The monoisotopic (exact) mass is 311 g/mol. The molecule has 2 aromatic rings. The molecule has 0 saturated heterocycles. The summed E-state index contributed by atoms with van der Waals surface area (Å²) in [6, 6.07) is 0. The van der Waals surface area contributed by atoms with Gasteiger partial charge >= 0.3 is 0 Å². The molecule has 20 heavy (non-hydrogen) atoms. The van der Waals surface area contributed by atoms with Crippen molar-refractivity contribution in [2.75, 3.05) is 17.6 Å². The van der Waals surface area contributed by atoms with Gasteiger partial charge in [-0.05, 0) is 20.8 Å². The molecule has 0 saturated carbocycles. The van der Waals surface area contributed by atoms with Crippen LogP contribution in [0.15, 0.2) is 11.6 Å². The molecule has 4 N–H and O–H groups in total. The fourth-order valence-corrected chi connectivity index (χ4v) is 3.21. The van der Waals surface area contributed by atoms with Crippen LogP contribution in [0.4, 0.5) is 10.9 Å².